The van der Waals surface area contributed by atoms with Crippen LogP contribution in [0.25, 0.3) is 0 Å². The number of benzene rings is 1. The molecule has 20 heavy (non-hydrogen) atoms. The quantitative estimate of drug-likeness (QED) is 0.856. The van der Waals surface area contributed by atoms with Crippen LogP contribution in [0.15, 0.2) is 42.9 Å². The van der Waals surface area contributed by atoms with E-state index in [1.807, 2.05) is 31.2 Å². The molecule has 0 saturated carbocycles. The van der Waals surface area contributed by atoms with Gasteiger partial charge in [0.1, 0.15) is 11.4 Å². The lowest BCUT2D eigenvalue weighted by atomic mass is 10.1. The van der Waals surface area contributed by atoms with Gasteiger partial charge in [0.15, 0.2) is 0 Å². The van der Waals surface area contributed by atoms with Gasteiger partial charge in [-0.1, -0.05) is 18.2 Å². The topological polar surface area (TPSA) is 55.3 Å². The summed E-state index contributed by atoms with van der Waals surface area (Å²) in [5.41, 5.74) is 1.28. The fraction of sp³-hybridized carbons (Fsp3) is 0.267. The monoisotopic (exact) mass is 271 g/mol. The second kappa shape index (κ2) is 6.14. The van der Waals surface area contributed by atoms with E-state index in [1.54, 1.807) is 25.3 Å². The summed E-state index contributed by atoms with van der Waals surface area (Å²) in [7, 11) is 3.37. The van der Waals surface area contributed by atoms with Gasteiger partial charge in [-0.15, -0.1) is 0 Å². The van der Waals surface area contributed by atoms with Crippen molar-refractivity contribution in [2.45, 2.75) is 13.0 Å². The molecule has 1 heterocycles. The highest BCUT2D eigenvalue weighted by Gasteiger charge is 2.22. The van der Waals surface area contributed by atoms with E-state index < -0.39 is 0 Å². The standard InChI is InChI=1S/C15H17N3O2/c1-11(12-6-4-5-7-14(12)20-3)18(2)15(19)13-10-16-8-9-17-13/h4-11H,1-3H3. The minimum absolute atomic E-state index is 0.124. The van der Waals surface area contributed by atoms with Crippen LogP contribution in [0, 0.1) is 0 Å². The van der Waals surface area contributed by atoms with Gasteiger partial charge in [-0.05, 0) is 13.0 Å². The van der Waals surface area contributed by atoms with Gasteiger partial charge in [-0.25, -0.2) is 4.98 Å². The molecule has 0 fully saturated rings. The molecule has 1 unspecified atom stereocenters. The van der Waals surface area contributed by atoms with Gasteiger partial charge in [0.05, 0.1) is 19.3 Å². The van der Waals surface area contributed by atoms with Crippen LogP contribution in [-0.2, 0) is 0 Å². The third-order valence-corrected chi connectivity index (χ3v) is 3.27. The molecule has 0 saturated heterocycles. The van der Waals surface area contributed by atoms with Crippen molar-refractivity contribution in [3.05, 3.63) is 54.1 Å². The van der Waals surface area contributed by atoms with Crippen LogP contribution in [0.1, 0.15) is 29.0 Å². The molecule has 0 spiro atoms. The van der Waals surface area contributed by atoms with Crippen molar-refractivity contribution in [2.24, 2.45) is 0 Å². The zero-order valence-electron chi connectivity index (χ0n) is 11.8. The van der Waals surface area contributed by atoms with Gasteiger partial charge in [0.25, 0.3) is 5.91 Å². The van der Waals surface area contributed by atoms with E-state index in [0.717, 1.165) is 11.3 Å². The van der Waals surface area contributed by atoms with Crippen LogP contribution in [-0.4, -0.2) is 34.9 Å². The molecule has 0 bridgehead atoms. The maximum Gasteiger partial charge on any atom is 0.274 e. The first-order chi connectivity index (χ1) is 9.65. The lowest BCUT2D eigenvalue weighted by Crippen LogP contribution is -2.30. The lowest BCUT2D eigenvalue weighted by molar-refractivity contribution is 0.0734. The number of ether oxygens (including phenoxy) is 1. The van der Waals surface area contributed by atoms with E-state index in [0.29, 0.717) is 5.69 Å². The largest absolute Gasteiger partial charge is 0.496 e. The van der Waals surface area contributed by atoms with Crippen LogP contribution in [0.5, 0.6) is 5.75 Å². The summed E-state index contributed by atoms with van der Waals surface area (Å²) in [5.74, 6) is 0.593. The number of nitrogens with zero attached hydrogens (tertiary/aromatic N) is 3. The first-order valence-electron chi connectivity index (χ1n) is 6.31. The van der Waals surface area contributed by atoms with Gasteiger partial charge in [0, 0.05) is 25.0 Å². The van der Waals surface area contributed by atoms with E-state index in [1.165, 1.54) is 12.4 Å². The number of amides is 1. The number of rotatable bonds is 4. The molecular weight excluding hydrogens is 254 g/mol. The number of para-hydroxylation sites is 1. The summed E-state index contributed by atoms with van der Waals surface area (Å²) in [6.07, 6.45) is 4.52. The summed E-state index contributed by atoms with van der Waals surface area (Å²) in [6, 6.07) is 7.53. The van der Waals surface area contributed by atoms with Crippen LogP contribution >= 0.6 is 0 Å². The molecule has 5 heteroatoms. The number of hydrogen-bond acceptors (Lipinski definition) is 4. The first kappa shape index (κ1) is 14.0. The Bertz CT molecular complexity index is 587. The Morgan fingerprint density at radius 1 is 1.30 bits per heavy atom. The lowest BCUT2D eigenvalue weighted by Gasteiger charge is -2.26. The van der Waals surface area contributed by atoms with E-state index in [9.17, 15) is 4.79 Å². The van der Waals surface area contributed by atoms with Crippen LogP contribution < -0.4 is 4.74 Å². The van der Waals surface area contributed by atoms with Crippen molar-refractivity contribution >= 4 is 5.91 Å². The van der Waals surface area contributed by atoms with Crippen LogP contribution in [0.2, 0.25) is 0 Å². The van der Waals surface area contributed by atoms with E-state index >= 15 is 0 Å². The molecule has 1 aromatic carbocycles. The molecule has 0 aliphatic heterocycles. The van der Waals surface area contributed by atoms with Crippen molar-refractivity contribution in [1.82, 2.24) is 14.9 Å². The third kappa shape index (κ3) is 2.77. The summed E-state index contributed by atoms with van der Waals surface area (Å²) >= 11 is 0. The first-order valence-corrected chi connectivity index (χ1v) is 6.31. The summed E-state index contributed by atoms with van der Waals surface area (Å²) in [4.78, 5) is 21.9. The van der Waals surface area contributed by atoms with E-state index in [4.69, 9.17) is 4.74 Å². The second-order valence-electron chi connectivity index (χ2n) is 4.42. The third-order valence-electron chi connectivity index (χ3n) is 3.27. The number of carbonyl (C=O) groups is 1. The zero-order valence-corrected chi connectivity index (χ0v) is 11.8. The van der Waals surface area contributed by atoms with Crippen molar-refractivity contribution in [3.8, 4) is 5.75 Å². The smallest absolute Gasteiger partial charge is 0.274 e. The Hall–Kier alpha value is -2.43. The molecule has 0 aliphatic carbocycles. The Morgan fingerprint density at radius 3 is 2.70 bits per heavy atom. The molecule has 0 aliphatic rings. The maximum absolute atomic E-state index is 12.3. The summed E-state index contributed by atoms with van der Waals surface area (Å²) in [5, 5.41) is 0. The maximum atomic E-state index is 12.3. The Morgan fingerprint density at radius 2 is 2.05 bits per heavy atom. The van der Waals surface area contributed by atoms with E-state index in [2.05, 4.69) is 9.97 Å². The Kier molecular flexibility index (Phi) is 4.30. The average molecular weight is 271 g/mol. The molecule has 1 aromatic heterocycles. The van der Waals surface area contributed by atoms with Crippen molar-refractivity contribution in [1.29, 1.82) is 0 Å². The molecule has 1 atom stereocenters. The molecule has 2 rings (SSSR count). The Labute approximate surface area is 118 Å². The summed E-state index contributed by atoms with van der Waals surface area (Å²) < 4.78 is 5.34. The SMILES string of the molecule is COc1ccccc1C(C)N(C)C(=O)c1cnccn1. The highest BCUT2D eigenvalue weighted by atomic mass is 16.5. The highest BCUT2D eigenvalue weighted by molar-refractivity contribution is 5.92. The zero-order chi connectivity index (χ0) is 14.5. The number of methoxy groups -OCH3 is 1. The van der Waals surface area contributed by atoms with Crippen LogP contribution in [0.3, 0.4) is 0 Å². The number of carbonyl (C=O) groups excluding carboxylic acids is 1. The average Bonchev–Trinajstić information content (AvgIpc) is 2.53. The molecule has 1 amide bonds. The molecule has 0 N–H and O–H groups in total. The highest BCUT2D eigenvalue weighted by Crippen LogP contribution is 2.28. The van der Waals surface area contributed by atoms with Crippen molar-refractivity contribution in [2.75, 3.05) is 14.2 Å². The Balaban J connectivity index is 2.24. The second-order valence-corrected chi connectivity index (χ2v) is 4.42. The van der Waals surface area contributed by atoms with Crippen LogP contribution in [0.4, 0.5) is 0 Å². The minimum Gasteiger partial charge on any atom is -0.496 e. The molecule has 5 nitrogen and oxygen atoms in total. The molecular formula is C15H17N3O2. The fourth-order valence-corrected chi connectivity index (χ4v) is 1.99. The minimum atomic E-state index is -0.170. The fourth-order valence-electron chi connectivity index (χ4n) is 1.99. The van der Waals surface area contributed by atoms with Gasteiger partial charge in [-0.3, -0.25) is 9.78 Å². The predicted molar refractivity (Wildman–Crippen MR) is 75.5 cm³/mol. The normalized spacial score (nSPS) is 11.8. The van der Waals surface area contributed by atoms with Gasteiger partial charge < -0.3 is 9.64 Å². The van der Waals surface area contributed by atoms with Crippen molar-refractivity contribution in [3.63, 3.8) is 0 Å². The number of aromatic nitrogens is 2. The predicted octanol–water partition coefficient (Wildman–Crippen LogP) is 2.32. The van der Waals surface area contributed by atoms with E-state index in [-0.39, 0.29) is 11.9 Å². The van der Waals surface area contributed by atoms with Gasteiger partial charge >= 0.3 is 0 Å². The number of hydrogen-bond donors (Lipinski definition) is 0. The molecule has 0 radical (unpaired) electrons. The van der Waals surface area contributed by atoms with Gasteiger partial charge in [0.2, 0.25) is 0 Å². The van der Waals surface area contributed by atoms with Gasteiger partial charge in [-0.2, -0.15) is 0 Å². The van der Waals surface area contributed by atoms with Crippen molar-refractivity contribution < 1.29 is 9.53 Å². The summed E-state index contributed by atoms with van der Waals surface area (Å²) in [6.45, 7) is 1.95. The molecule has 2 aromatic rings. The molecule has 104 valence electrons.